The van der Waals surface area contributed by atoms with Crippen LogP contribution in [0.5, 0.6) is 11.5 Å². The third-order valence-corrected chi connectivity index (χ3v) is 5.48. The number of hydrogen-bond acceptors (Lipinski definition) is 5. The lowest BCUT2D eigenvalue weighted by Gasteiger charge is -2.21. The molecule has 0 aliphatic rings. The summed E-state index contributed by atoms with van der Waals surface area (Å²) in [6.45, 7) is 6.54. The molecule has 2 rings (SSSR count). The van der Waals surface area contributed by atoms with Crippen molar-refractivity contribution in [1.29, 1.82) is 0 Å². The van der Waals surface area contributed by atoms with Gasteiger partial charge in [-0.2, -0.15) is 0 Å². The number of sulfonamides is 1. The molecule has 0 atom stereocenters. The predicted octanol–water partition coefficient (Wildman–Crippen LogP) is 2.62. The number of methoxy groups -OCH3 is 2. The lowest BCUT2D eigenvalue weighted by Crippen LogP contribution is -2.27. The van der Waals surface area contributed by atoms with Gasteiger partial charge in [0.2, 0.25) is 10.0 Å². The molecular formula is C21H28N2O5S. The molecule has 0 saturated carbocycles. The molecule has 3 N–H and O–H groups in total. The Morgan fingerprint density at radius 1 is 1.03 bits per heavy atom. The van der Waals surface area contributed by atoms with Crippen LogP contribution in [-0.2, 0) is 21.9 Å². The summed E-state index contributed by atoms with van der Waals surface area (Å²) in [6, 6.07) is 10.3. The summed E-state index contributed by atoms with van der Waals surface area (Å²) in [5.74, 6) is 0.425. The zero-order chi connectivity index (χ0) is 21.8. The van der Waals surface area contributed by atoms with Gasteiger partial charge in [0.1, 0.15) is 16.4 Å². The maximum atomic E-state index is 12.7. The molecule has 0 bridgehead atoms. The molecular weight excluding hydrogens is 392 g/mol. The van der Waals surface area contributed by atoms with Crippen LogP contribution in [0, 0.1) is 0 Å². The van der Waals surface area contributed by atoms with E-state index in [0.717, 1.165) is 5.56 Å². The fraction of sp³-hybridized carbons (Fsp3) is 0.381. The summed E-state index contributed by atoms with van der Waals surface area (Å²) in [5.41, 5.74) is 2.09. The highest BCUT2D eigenvalue weighted by Gasteiger charge is 2.19. The van der Waals surface area contributed by atoms with Gasteiger partial charge in [0.25, 0.3) is 5.91 Å². The van der Waals surface area contributed by atoms with Gasteiger partial charge >= 0.3 is 0 Å². The highest BCUT2D eigenvalue weighted by Crippen LogP contribution is 2.28. The maximum Gasteiger partial charge on any atom is 0.255 e. The fourth-order valence-electron chi connectivity index (χ4n) is 2.87. The molecule has 0 unspecified atom stereocenters. The number of nitrogens with two attached hydrogens (primary N) is 1. The molecule has 0 fully saturated rings. The number of rotatable bonds is 7. The molecule has 0 aliphatic carbocycles. The lowest BCUT2D eigenvalue weighted by molar-refractivity contribution is 0.0951. The summed E-state index contributed by atoms with van der Waals surface area (Å²) in [6.07, 6.45) is 0.430. The molecule has 29 heavy (non-hydrogen) atoms. The third kappa shape index (κ3) is 5.71. The van der Waals surface area contributed by atoms with Crippen molar-refractivity contribution in [2.75, 3.05) is 20.8 Å². The standard InChI is InChI=1S/C21H28N2O5S/c1-21(2,3)15-7-9-17(27-4)16(13-15)20(24)23-11-10-14-6-8-18(28-5)19(12-14)29(22,25)26/h6-9,12-13H,10-11H2,1-5H3,(H,23,24)(H2,22,25,26). The highest BCUT2D eigenvalue weighted by molar-refractivity contribution is 7.89. The Bertz CT molecular complexity index is 995. The molecule has 8 heteroatoms. The van der Waals surface area contributed by atoms with E-state index in [9.17, 15) is 13.2 Å². The van der Waals surface area contributed by atoms with Crippen LogP contribution in [0.25, 0.3) is 0 Å². The topological polar surface area (TPSA) is 108 Å². The highest BCUT2D eigenvalue weighted by atomic mass is 32.2. The van der Waals surface area contributed by atoms with Crippen LogP contribution in [0.15, 0.2) is 41.3 Å². The van der Waals surface area contributed by atoms with Crippen LogP contribution in [0.3, 0.4) is 0 Å². The minimum Gasteiger partial charge on any atom is -0.496 e. The first kappa shape index (κ1) is 22.7. The number of carbonyl (C=O) groups is 1. The first-order chi connectivity index (χ1) is 13.5. The predicted molar refractivity (Wildman–Crippen MR) is 112 cm³/mol. The monoisotopic (exact) mass is 420 g/mol. The number of ether oxygens (including phenoxy) is 2. The summed E-state index contributed by atoms with van der Waals surface area (Å²) in [5, 5.41) is 8.10. The number of primary sulfonamides is 1. The number of amides is 1. The summed E-state index contributed by atoms with van der Waals surface area (Å²) in [7, 11) is -1.01. The fourth-order valence-corrected chi connectivity index (χ4v) is 3.61. The Morgan fingerprint density at radius 2 is 1.66 bits per heavy atom. The van der Waals surface area contributed by atoms with Crippen molar-refractivity contribution in [2.45, 2.75) is 37.5 Å². The first-order valence-corrected chi connectivity index (χ1v) is 10.7. The zero-order valence-corrected chi connectivity index (χ0v) is 18.2. The van der Waals surface area contributed by atoms with Gasteiger partial charge < -0.3 is 14.8 Å². The Balaban J connectivity index is 2.15. The van der Waals surface area contributed by atoms with Gasteiger partial charge in [0.15, 0.2) is 0 Å². The van der Waals surface area contributed by atoms with Gasteiger partial charge in [0.05, 0.1) is 19.8 Å². The van der Waals surface area contributed by atoms with E-state index in [1.54, 1.807) is 18.2 Å². The van der Waals surface area contributed by atoms with E-state index in [1.807, 2.05) is 12.1 Å². The van der Waals surface area contributed by atoms with Crippen LogP contribution in [0.1, 0.15) is 42.3 Å². The second kappa shape index (κ2) is 8.84. The van der Waals surface area contributed by atoms with Gasteiger partial charge in [-0.1, -0.05) is 32.9 Å². The van der Waals surface area contributed by atoms with E-state index in [-0.39, 0.29) is 22.0 Å². The van der Waals surface area contributed by atoms with Gasteiger partial charge in [-0.3, -0.25) is 4.79 Å². The third-order valence-electron chi connectivity index (χ3n) is 4.54. The largest absolute Gasteiger partial charge is 0.496 e. The molecule has 1 amide bonds. The van der Waals surface area contributed by atoms with Crippen molar-refractivity contribution in [3.05, 3.63) is 53.1 Å². The van der Waals surface area contributed by atoms with Gasteiger partial charge in [0, 0.05) is 6.54 Å². The molecule has 2 aromatic rings. The molecule has 0 radical (unpaired) electrons. The molecule has 0 saturated heterocycles. The van der Waals surface area contributed by atoms with Crippen molar-refractivity contribution >= 4 is 15.9 Å². The van der Waals surface area contributed by atoms with Gasteiger partial charge in [-0.05, 0) is 47.2 Å². The van der Waals surface area contributed by atoms with Gasteiger partial charge in [-0.25, -0.2) is 13.6 Å². The smallest absolute Gasteiger partial charge is 0.255 e. The quantitative estimate of drug-likeness (QED) is 0.716. The Labute approximate surface area is 172 Å². The van der Waals surface area contributed by atoms with E-state index in [4.69, 9.17) is 14.6 Å². The normalized spacial score (nSPS) is 11.8. The lowest BCUT2D eigenvalue weighted by atomic mass is 9.86. The molecule has 158 valence electrons. The number of carbonyl (C=O) groups excluding carboxylic acids is 1. The van der Waals surface area contributed by atoms with Crippen molar-refractivity contribution in [2.24, 2.45) is 5.14 Å². The van der Waals surface area contributed by atoms with E-state index in [0.29, 0.717) is 29.8 Å². The van der Waals surface area contributed by atoms with Crippen molar-refractivity contribution in [3.8, 4) is 11.5 Å². The number of nitrogens with one attached hydrogen (secondary N) is 1. The van der Waals surface area contributed by atoms with Crippen LogP contribution >= 0.6 is 0 Å². The molecule has 7 nitrogen and oxygen atoms in total. The van der Waals surface area contributed by atoms with Crippen LogP contribution < -0.4 is 19.9 Å². The maximum absolute atomic E-state index is 12.7. The van der Waals surface area contributed by atoms with Crippen LogP contribution in [-0.4, -0.2) is 35.1 Å². The summed E-state index contributed by atoms with van der Waals surface area (Å²) in [4.78, 5) is 12.6. The number of hydrogen-bond donors (Lipinski definition) is 2. The van der Waals surface area contributed by atoms with Crippen molar-refractivity contribution < 1.29 is 22.7 Å². The summed E-state index contributed by atoms with van der Waals surface area (Å²) >= 11 is 0. The van der Waals surface area contributed by atoms with Crippen LogP contribution in [0.4, 0.5) is 0 Å². The van der Waals surface area contributed by atoms with Gasteiger partial charge in [-0.15, -0.1) is 0 Å². The molecule has 0 aliphatic heterocycles. The minimum absolute atomic E-state index is 0.0802. The molecule has 0 heterocycles. The zero-order valence-electron chi connectivity index (χ0n) is 17.4. The Morgan fingerprint density at radius 3 is 2.21 bits per heavy atom. The Hall–Kier alpha value is -2.58. The SMILES string of the molecule is COc1ccc(C(C)(C)C)cc1C(=O)NCCc1ccc(OC)c(S(N)(=O)=O)c1. The second-order valence-corrected chi connectivity index (χ2v) is 9.23. The van der Waals surface area contributed by atoms with E-state index in [2.05, 4.69) is 26.1 Å². The average molecular weight is 421 g/mol. The Kier molecular flexibility index (Phi) is 6.92. The van der Waals surface area contributed by atoms with Crippen LogP contribution in [0.2, 0.25) is 0 Å². The molecule has 0 spiro atoms. The molecule has 0 aromatic heterocycles. The van der Waals surface area contributed by atoms with E-state index in [1.165, 1.54) is 20.3 Å². The average Bonchev–Trinajstić information content (AvgIpc) is 2.65. The minimum atomic E-state index is -3.91. The van der Waals surface area contributed by atoms with Crippen molar-refractivity contribution in [1.82, 2.24) is 5.32 Å². The second-order valence-electron chi connectivity index (χ2n) is 7.70. The van der Waals surface area contributed by atoms with E-state index < -0.39 is 10.0 Å². The summed E-state index contributed by atoms with van der Waals surface area (Å²) < 4.78 is 33.8. The van der Waals surface area contributed by atoms with E-state index >= 15 is 0 Å². The first-order valence-electron chi connectivity index (χ1n) is 9.14. The van der Waals surface area contributed by atoms with Crippen molar-refractivity contribution in [3.63, 3.8) is 0 Å². The molecule has 2 aromatic carbocycles. The number of benzene rings is 2.